The van der Waals surface area contributed by atoms with Crippen molar-refractivity contribution < 1.29 is 9.32 Å². The number of rotatable bonds is 3. The van der Waals surface area contributed by atoms with Gasteiger partial charge in [-0.1, -0.05) is 11.2 Å². The van der Waals surface area contributed by atoms with Gasteiger partial charge in [0.2, 0.25) is 11.7 Å². The van der Waals surface area contributed by atoms with Gasteiger partial charge in [0.25, 0.3) is 0 Å². The molecule has 1 aliphatic heterocycles. The number of hydrogen-bond acceptors (Lipinski definition) is 5. The summed E-state index contributed by atoms with van der Waals surface area (Å²) in [5.74, 6) is 1.40. The number of carbonyl (C=O) groups excluding carboxylic acids is 1. The molecular formula is C12H14N4O2S. The van der Waals surface area contributed by atoms with Crippen LogP contribution in [0.3, 0.4) is 0 Å². The Balaban J connectivity index is 1.62. The van der Waals surface area contributed by atoms with Gasteiger partial charge in [0.05, 0.1) is 10.8 Å². The summed E-state index contributed by atoms with van der Waals surface area (Å²) in [6.45, 7) is 3.82. The smallest absolute Gasteiger partial charge is 0.317 e. The summed E-state index contributed by atoms with van der Waals surface area (Å²) >= 11 is 1.58. The highest BCUT2D eigenvalue weighted by Crippen LogP contribution is 2.28. The fourth-order valence-electron chi connectivity index (χ4n) is 1.97. The number of urea groups is 1. The Morgan fingerprint density at radius 2 is 2.47 bits per heavy atom. The molecule has 2 aromatic heterocycles. The van der Waals surface area contributed by atoms with E-state index in [2.05, 4.69) is 15.5 Å². The first-order valence-corrected chi connectivity index (χ1v) is 7.06. The fourth-order valence-corrected chi connectivity index (χ4v) is 2.62. The van der Waals surface area contributed by atoms with Crippen LogP contribution in [0.25, 0.3) is 10.7 Å². The van der Waals surface area contributed by atoms with Gasteiger partial charge in [-0.25, -0.2) is 4.79 Å². The molecule has 19 heavy (non-hydrogen) atoms. The van der Waals surface area contributed by atoms with Gasteiger partial charge >= 0.3 is 6.03 Å². The van der Waals surface area contributed by atoms with E-state index in [0.29, 0.717) is 31.3 Å². The zero-order valence-electron chi connectivity index (χ0n) is 10.5. The van der Waals surface area contributed by atoms with Crippen LogP contribution in [0.2, 0.25) is 0 Å². The van der Waals surface area contributed by atoms with Crippen LogP contribution >= 0.6 is 11.3 Å². The maximum Gasteiger partial charge on any atom is 0.317 e. The largest absolute Gasteiger partial charge is 0.339 e. The molecule has 0 bridgehead atoms. The number of nitrogens with zero attached hydrogens (tertiary/aromatic N) is 3. The van der Waals surface area contributed by atoms with Crippen molar-refractivity contribution >= 4 is 17.4 Å². The van der Waals surface area contributed by atoms with E-state index in [-0.39, 0.29) is 11.9 Å². The standard InChI is InChI=1S/C12H14N4O2S/c1-2-13-12(17)16-6-8(7-16)11-14-10(15-18-11)9-4-3-5-19-9/h3-5,8H,2,6-7H2,1H3,(H,13,17). The van der Waals surface area contributed by atoms with Crippen LogP contribution in [-0.4, -0.2) is 40.7 Å². The lowest BCUT2D eigenvalue weighted by molar-refractivity contribution is 0.137. The summed E-state index contributed by atoms with van der Waals surface area (Å²) in [6.07, 6.45) is 0. The molecule has 100 valence electrons. The molecule has 1 aliphatic rings. The zero-order chi connectivity index (χ0) is 13.2. The molecule has 7 heteroatoms. The molecule has 0 aromatic carbocycles. The van der Waals surface area contributed by atoms with Gasteiger partial charge < -0.3 is 14.7 Å². The molecule has 0 atom stereocenters. The third kappa shape index (κ3) is 2.33. The average Bonchev–Trinajstić information content (AvgIpc) is 2.97. The second-order valence-electron chi connectivity index (χ2n) is 4.37. The van der Waals surface area contributed by atoms with Gasteiger partial charge in [-0.3, -0.25) is 0 Å². The molecule has 2 amide bonds. The number of thiophene rings is 1. The van der Waals surface area contributed by atoms with Crippen LogP contribution in [0, 0.1) is 0 Å². The Kier molecular flexibility index (Phi) is 3.20. The minimum absolute atomic E-state index is 0.0308. The summed E-state index contributed by atoms with van der Waals surface area (Å²) in [5.41, 5.74) is 0. The minimum Gasteiger partial charge on any atom is -0.339 e. The third-order valence-electron chi connectivity index (χ3n) is 3.03. The molecule has 0 saturated carbocycles. The van der Waals surface area contributed by atoms with Crippen LogP contribution in [0.5, 0.6) is 0 Å². The SMILES string of the molecule is CCNC(=O)N1CC(c2nc(-c3cccs3)no2)C1. The van der Waals surface area contributed by atoms with E-state index in [1.165, 1.54) is 0 Å². The molecule has 1 saturated heterocycles. The lowest BCUT2D eigenvalue weighted by Crippen LogP contribution is -2.52. The van der Waals surface area contributed by atoms with Crippen molar-refractivity contribution in [2.45, 2.75) is 12.8 Å². The van der Waals surface area contributed by atoms with Crippen molar-refractivity contribution in [1.29, 1.82) is 0 Å². The highest BCUT2D eigenvalue weighted by molar-refractivity contribution is 7.13. The van der Waals surface area contributed by atoms with Crippen LogP contribution in [0.4, 0.5) is 4.79 Å². The second-order valence-corrected chi connectivity index (χ2v) is 5.32. The van der Waals surface area contributed by atoms with Gasteiger partial charge in [0, 0.05) is 19.6 Å². The van der Waals surface area contributed by atoms with Crippen LogP contribution in [-0.2, 0) is 0 Å². The number of hydrogen-bond donors (Lipinski definition) is 1. The summed E-state index contributed by atoms with van der Waals surface area (Å²) in [6, 6.07) is 3.88. The Labute approximate surface area is 114 Å². The van der Waals surface area contributed by atoms with Gasteiger partial charge in [0.15, 0.2) is 0 Å². The van der Waals surface area contributed by atoms with E-state index in [9.17, 15) is 4.79 Å². The quantitative estimate of drug-likeness (QED) is 0.931. The van der Waals surface area contributed by atoms with Crippen molar-refractivity contribution in [2.75, 3.05) is 19.6 Å². The van der Waals surface area contributed by atoms with Crippen LogP contribution < -0.4 is 5.32 Å². The number of likely N-dealkylation sites (tertiary alicyclic amines) is 1. The van der Waals surface area contributed by atoms with Crippen molar-refractivity contribution in [3.05, 3.63) is 23.4 Å². The van der Waals surface area contributed by atoms with E-state index in [0.717, 1.165) is 4.88 Å². The van der Waals surface area contributed by atoms with Crippen LogP contribution in [0.1, 0.15) is 18.7 Å². The first-order valence-electron chi connectivity index (χ1n) is 6.18. The lowest BCUT2D eigenvalue weighted by atomic mass is 10.0. The molecular weight excluding hydrogens is 264 g/mol. The monoisotopic (exact) mass is 278 g/mol. The van der Waals surface area contributed by atoms with Gasteiger partial charge in [-0.05, 0) is 18.4 Å². The predicted octanol–water partition coefficient (Wildman–Crippen LogP) is 1.93. The first-order chi connectivity index (χ1) is 9.28. The molecule has 0 radical (unpaired) electrons. The van der Waals surface area contributed by atoms with Gasteiger partial charge in [0.1, 0.15) is 0 Å². The van der Waals surface area contributed by atoms with Gasteiger partial charge in [-0.2, -0.15) is 4.98 Å². The maximum absolute atomic E-state index is 11.5. The van der Waals surface area contributed by atoms with Crippen molar-refractivity contribution in [3.63, 3.8) is 0 Å². The zero-order valence-corrected chi connectivity index (χ0v) is 11.3. The second kappa shape index (κ2) is 5.00. The molecule has 1 N–H and O–H groups in total. The topological polar surface area (TPSA) is 71.3 Å². The summed E-state index contributed by atoms with van der Waals surface area (Å²) < 4.78 is 5.27. The molecule has 3 rings (SSSR count). The molecule has 0 unspecified atom stereocenters. The molecule has 0 aliphatic carbocycles. The van der Waals surface area contributed by atoms with E-state index in [1.54, 1.807) is 16.2 Å². The Morgan fingerprint density at radius 3 is 3.16 bits per heavy atom. The summed E-state index contributed by atoms with van der Waals surface area (Å²) in [5, 5.41) is 8.72. The van der Waals surface area contributed by atoms with E-state index in [1.807, 2.05) is 24.4 Å². The Bertz CT molecular complexity index is 560. The van der Waals surface area contributed by atoms with Crippen molar-refractivity contribution in [1.82, 2.24) is 20.4 Å². The number of nitrogens with one attached hydrogen (secondary N) is 1. The molecule has 1 fully saturated rings. The molecule has 0 spiro atoms. The van der Waals surface area contributed by atoms with Gasteiger partial charge in [-0.15, -0.1) is 11.3 Å². The molecule has 6 nitrogen and oxygen atoms in total. The maximum atomic E-state index is 11.5. The third-order valence-corrected chi connectivity index (χ3v) is 3.90. The molecule has 2 aromatic rings. The van der Waals surface area contributed by atoms with E-state index >= 15 is 0 Å². The number of aromatic nitrogens is 2. The number of amides is 2. The van der Waals surface area contributed by atoms with E-state index in [4.69, 9.17) is 4.52 Å². The lowest BCUT2D eigenvalue weighted by Gasteiger charge is -2.36. The Morgan fingerprint density at radius 1 is 1.63 bits per heavy atom. The average molecular weight is 278 g/mol. The minimum atomic E-state index is -0.0308. The Hall–Kier alpha value is -1.89. The predicted molar refractivity (Wildman–Crippen MR) is 71.0 cm³/mol. The summed E-state index contributed by atoms with van der Waals surface area (Å²) in [4.78, 5) is 18.7. The highest BCUT2D eigenvalue weighted by atomic mass is 32.1. The fraction of sp³-hybridized carbons (Fsp3) is 0.417. The highest BCUT2D eigenvalue weighted by Gasteiger charge is 2.35. The summed E-state index contributed by atoms with van der Waals surface area (Å²) in [7, 11) is 0. The van der Waals surface area contributed by atoms with E-state index < -0.39 is 0 Å². The van der Waals surface area contributed by atoms with Crippen molar-refractivity contribution in [2.24, 2.45) is 0 Å². The van der Waals surface area contributed by atoms with Crippen molar-refractivity contribution in [3.8, 4) is 10.7 Å². The molecule has 3 heterocycles. The number of carbonyl (C=O) groups is 1. The van der Waals surface area contributed by atoms with Crippen LogP contribution in [0.15, 0.2) is 22.0 Å². The first kappa shape index (κ1) is 12.2. The normalized spacial score (nSPS) is 15.3.